The first kappa shape index (κ1) is 10.0. The maximum absolute atomic E-state index is 10.8. The number of aromatic nitrogens is 2. The Morgan fingerprint density at radius 1 is 1.73 bits per heavy atom. The van der Waals surface area contributed by atoms with Crippen molar-refractivity contribution in [3.8, 4) is 0 Å². The molecule has 15 heavy (non-hydrogen) atoms. The molecule has 0 unspecified atom stereocenters. The number of carbonyl (C=O) groups is 1. The topological polar surface area (TPSA) is 67.2 Å². The van der Waals surface area contributed by atoms with Crippen LogP contribution in [0.25, 0.3) is 0 Å². The highest BCUT2D eigenvalue weighted by molar-refractivity contribution is 5.69. The van der Waals surface area contributed by atoms with Gasteiger partial charge >= 0.3 is 5.97 Å². The standard InChI is InChI=1S/C10H15N3O2/c1-13-6-5-11-9(13)12-10(3-2-4-10)7-8(14)15/h5-6H,2-4,7H2,1H3,(H,11,12)(H,14,15). The van der Waals surface area contributed by atoms with E-state index in [0.717, 1.165) is 25.2 Å². The molecule has 1 aromatic heterocycles. The van der Waals surface area contributed by atoms with E-state index in [4.69, 9.17) is 5.11 Å². The van der Waals surface area contributed by atoms with E-state index in [-0.39, 0.29) is 12.0 Å². The molecule has 1 fully saturated rings. The molecule has 2 N–H and O–H groups in total. The number of nitrogens with zero attached hydrogens (tertiary/aromatic N) is 2. The van der Waals surface area contributed by atoms with Gasteiger partial charge in [0.1, 0.15) is 0 Å². The molecular weight excluding hydrogens is 194 g/mol. The average Bonchev–Trinajstić information content (AvgIpc) is 2.47. The predicted molar refractivity (Wildman–Crippen MR) is 55.7 cm³/mol. The van der Waals surface area contributed by atoms with E-state index in [9.17, 15) is 4.79 Å². The third-order valence-corrected chi connectivity index (χ3v) is 3.00. The molecule has 2 rings (SSSR count). The minimum atomic E-state index is -0.753. The van der Waals surface area contributed by atoms with E-state index in [2.05, 4.69) is 10.3 Å². The van der Waals surface area contributed by atoms with Gasteiger partial charge < -0.3 is 15.0 Å². The third kappa shape index (κ3) is 1.95. The molecule has 0 aliphatic heterocycles. The quantitative estimate of drug-likeness (QED) is 0.782. The smallest absolute Gasteiger partial charge is 0.305 e. The summed E-state index contributed by atoms with van der Waals surface area (Å²) >= 11 is 0. The number of carboxylic acids is 1. The fraction of sp³-hybridized carbons (Fsp3) is 0.600. The van der Waals surface area contributed by atoms with Gasteiger partial charge in [-0.1, -0.05) is 0 Å². The Morgan fingerprint density at radius 3 is 2.87 bits per heavy atom. The van der Waals surface area contributed by atoms with Crippen LogP contribution in [-0.4, -0.2) is 26.2 Å². The largest absolute Gasteiger partial charge is 0.481 e. The van der Waals surface area contributed by atoms with Gasteiger partial charge in [-0.2, -0.15) is 0 Å². The molecule has 1 aromatic rings. The van der Waals surface area contributed by atoms with Gasteiger partial charge in [0.2, 0.25) is 5.95 Å². The van der Waals surface area contributed by atoms with Gasteiger partial charge in [-0.3, -0.25) is 4.79 Å². The van der Waals surface area contributed by atoms with Crippen molar-refractivity contribution in [3.05, 3.63) is 12.4 Å². The van der Waals surface area contributed by atoms with Crippen LogP contribution < -0.4 is 5.32 Å². The highest BCUT2D eigenvalue weighted by atomic mass is 16.4. The summed E-state index contributed by atoms with van der Waals surface area (Å²) in [6, 6.07) is 0. The summed E-state index contributed by atoms with van der Waals surface area (Å²) in [7, 11) is 1.89. The Hall–Kier alpha value is -1.52. The number of hydrogen-bond acceptors (Lipinski definition) is 3. The van der Waals surface area contributed by atoms with Gasteiger partial charge in [0.05, 0.1) is 12.0 Å². The van der Waals surface area contributed by atoms with E-state index in [0.29, 0.717) is 0 Å². The maximum Gasteiger partial charge on any atom is 0.305 e. The number of aliphatic carboxylic acids is 1. The zero-order chi connectivity index (χ0) is 10.9. The van der Waals surface area contributed by atoms with Crippen LogP contribution in [0, 0.1) is 0 Å². The molecule has 1 saturated carbocycles. The van der Waals surface area contributed by atoms with Crippen molar-refractivity contribution in [1.82, 2.24) is 9.55 Å². The van der Waals surface area contributed by atoms with Crippen molar-refractivity contribution >= 4 is 11.9 Å². The normalized spacial score (nSPS) is 18.2. The number of nitrogens with one attached hydrogen (secondary N) is 1. The van der Waals surface area contributed by atoms with Crippen molar-refractivity contribution in [2.24, 2.45) is 7.05 Å². The lowest BCUT2D eigenvalue weighted by molar-refractivity contribution is -0.138. The van der Waals surface area contributed by atoms with E-state index in [1.54, 1.807) is 6.20 Å². The highest BCUT2D eigenvalue weighted by Gasteiger charge is 2.39. The fourth-order valence-corrected chi connectivity index (χ4v) is 1.96. The van der Waals surface area contributed by atoms with Crippen molar-refractivity contribution in [1.29, 1.82) is 0 Å². The molecule has 82 valence electrons. The molecule has 0 atom stereocenters. The zero-order valence-corrected chi connectivity index (χ0v) is 8.73. The molecule has 0 aromatic carbocycles. The summed E-state index contributed by atoms with van der Waals surface area (Å²) in [4.78, 5) is 14.9. The van der Waals surface area contributed by atoms with Gasteiger partial charge in [-0.05, 0) is 19.3 Å². The molecule has 0 bridgehead atoms. The van der Waals surface area contributed by atoms with Crippen molar-refractivity contribution < 1.29 is 9.90 Å². The van der Waals surface area contributed by atoms with E-state index >= 15 is 0 Å². The highest BCUT2D eigenvalue weighted by Crippen LogP contribution is 2.37. The summed E-state index contributed by atoms with van der Waals surface area (Å²) in [5, 5.41) is 12.1. The zero-order valence-electron chi connectivity index (χ0n) is 8.73. The number of anilines is 1. The molecular formula is C10H15N3O2. The van der Waals surface area contributed by atoms with Crippen molar-refractivity contribution in [2.75, 3.05) is 5.32 Å². The van der Waals surface area contributed by atoms with Gasteiger partial charge in [0.15, 0.2) is 0 Å². The second kappa shape index (κ2) is 3.56. The first-order valence-corrected chi connectivity index (χ1v) is 5.09. The Labute approximate surface area is 88.1 Å². The van der Waals surface area contributed by atoms with Crippen LogP contribution in [0.3, 0.4) is 0 Å². The molecule has 0 saturated heterocycles. The van der Waals surface area contributed by atoms with Gasteiger partial charge in [0, 0.05) is 19.4 Å². The summed E-state index contributed by atoms with van der Waals surface area (Å²) in [6.07, 6.45) is 6.62. The monoisotopic (exact) mass is 209 g/mol. The van der Waals surface area contributed by atoms with Crippen molar-refractivity contribution in [2.45, 2.75) is 31.2 Å². The Morgan fingerprint density at radius 2 is 2.47 bits per heavy atom. The Kier molecular flexibility index (Phi) is 2.38. The molecule has 1 heterocycles. The number of carboxylic acid groups (broad SMARTS) is 1. The average molecular weight is 209 g/mol. The van der Waals surface area contributed by atoms with Crippen LogP contribution in [0.2, 0.25) is 0 Å². The third-order valence-electron chi connectivity index (χ3n) is 3.00. The summed E-state index contributed by atoms with van der Waals surface area (Å²) < 4.78 is 1.86. The predicted octanol–water partition coefficient (Wildman–Crippen LogP) is 1.23. The number of imidazole rings is 1. The molecule has 5 nitrogen and oxygen atoms in total. The minimum absolute atomic E-state index is 0.167. The molecule has 0 spiro atoms. The first-order valence-electron chi connectivity index (χ1n) is 5.09. The van der Waals surface area contributed by atoms with Crippen LogP contribution in [0.15, 0.2) is 12.4 Å². The Balaban J connectivity index is 2.08. The molecule has 1 aliphatic rings. The van der Waals surface area contributed by atoms with Crippen molar-refractivity contribution in [3.63, 3.8) is 0 Å². The second-order valence-corrected chi connectivity index (χ2v) is 4.19. The van der Waals surface area contributed by atoms with Gasteiger partial charge in [-0.15, -0.1) is 0 Å². The van der Waals surface area contributed by atoms with E-state index in [1.165, 1.54) is 0 Å². The lowest BCUT2D eigenvalue weighted by Gasteiger charge is -2.41. The van der Waals surface area contributed by atoms with Crippen LogP contribution in [-0.2, 0) is 11.8 Å². The SMILES string of the molecule is Cn1ccnc1NC1(CC(=O)O)CCC1. The molecule has 0 amide bonds. The maximum atomic E-state index is 10.8. The number of hydrogen-bond donors (Lipinski definition) is 2. The first-order chi connectivity index (χ1) is 7.11. The number of aryl methyl sites for hydroxylation is 1. The van der Waals surface area contributed by atoms with E-state index < -0.39 is 5.97 Å². The number of rotatable bonds is 4. The van der Waals surface area contributed by atoms with E-state index in [1.807, 2.05) is 17.8 Å². The second-order valence-electron chi connectivity index (χ2n) is 4.19. The van der Waals surface area contributed by atoms with Crippen LogP contribution in [0.4, 0.5) is 5.95 Å². The summed E-state index contributed by atoms with van der Waals surface area (Å²) in [5.41, 5.74) is -0.273. The van der Waals surface area contributed by atoms with Gasteiger partial charge in [0.25, 0.3) is 0 Å². The van der Waals surface area contributed by atoms with Crippen LogP contribution in [0.5, 0.6) is 0 Å². The van der Waals surface area contributed by atoms with Crippen LogP contribution in [0.1, 0.15) is 25.7 Å². The lowest BCUT2D eigenvalue weighted by Crippen LogP contribution is -2.47. The lowest BCUT2D eigenvalue weighted by atomic mass is 9.74. The van der Waals surface area contributed by atoms with Gasteiger partial charge in [-0.25, -0.2) is 4.98 Å². The molecule has 1 aliphatic carbocycles. The summed E-state index contributed by atoms with van der Waals surface area (Å²) in [5.74, 6) is -0.00707. The van der Waals surface area contributed by atoms with Crippen LogP contribution >= 0.6 is 0 Å². The fourth-order valence-electron chi connectivity index (χ4n) is 1.96. The molecule has 0 radical (unpaired) electrons. The minimum Gasteiger partial charge on any atom is -0.481 e. The molecule has 5 heteroatoms. The summed E-state index contributed by atoms with van der Waals surface area (Å²) in [6.45, 7) is 0. The Bertz CT molecular complexity index is 368.